The third-order valence-corrected chi connectivity index (χ3v) is 4.37. The monoisotopic (exact) mass is 289 g/mol. The van der Waals surface area contributed by atoms with E-state index in [0.717, 1.165) is 24.3 Å². The minimum atomic E-state index is 0.0818. The first-order chi connectivity index (χ1) is 10.1. The van der Waals surface area contributed by atoms with Gasteiger partial charge in [0.15, 0.2) is 0 Å². The highest BCUT2D eigenvalue weighted by atomic mass is 16.2. The number of hydrogen-bond donors (Lipinski definition) is 2. The van der Waals surface area contributed by atoms with Gasteiger partial charge in [-0.15, -0.1) is 0 Å². The molecule has 0 radical (unpaired) electrons. The van der Waals surface area contributed by atoms with Gasteiger partial charge in [-0.05, 0) is 63.9 Å². The van der Waals surface area contributed by atoms with Gasteiger partial charge in [0.1, 0.15) is 0 Å². The Labute approximate surface area is 127 Å². The summed E-state index contributed by atoms with van der Waals surface area (Å²) in [4.78, 5) is 14.4. The molecule has 116 valence electrons. The van der Waals surface area contributed by atoms with Gasteiger partial charge in [0.05, 0.1) is 6.54 Å². The molecule has 1 amide bonds. The van der Waals surface area contributed by atoms with E-state index in [0.29, 0.717) is 18.5 Å². The highest BCUT2D eigenvalue weighted by Gasteiger charge is 2.24. The lowest BCUT2D eigenvalue weighted by Crippen LogP contribution is -2.45. The molecule has 2 N–H and O–H groups in total. The molecule has 0 spiro atoms. The number of amides is 1. The van der Waals surface area contributed by atoms with Crippen molar-refractivity contribution in [1.82, 2.24) is 10.2 Å². The molecule has 4 nitrogen and oxygen atoms in total. The standard InChI is InChI=1S/C17H27N3O/c1-13-6-4-8-16(10-13)19-17(21)12-20-9-5-7-15(11-20)14(2)18-3/h4,6,8,10,14-15,18H,5,7,9,11-12H2,1-3H3,(H,19,21). The van der Waals surface area contributed by atoms with Crippen LogP contribution < -0.4 is 10.6 Å². The van der Waals surface area contributed by atoms with E-state index in [1.807, 2.05) is 38.2 Å². The Hall–Kier alpha value is -1.39. The third-order valence-electron chi connectivity index (χ3n) is 4.37. The Morgan fingerprint density at radius 1 is 1.48 bits per heavy atom. The second-order valence-corrected chi connectivity index (χ2v) is 6.13. The predicted octanol–water partition coefficient (Wildman–Crippen LogP) is 2.25. The van der Waals surface area contributed by atoms with Crippen molar-refractivity contribution < 1.29 is 4.79 Å². The summed E-state index contributed by atoms with van der Waals surface area (Å²) in [6, 6.07) is 8.45. The molecule has 1 aromatic carbocycles. The number of anilines is 1. The summed E-state index contributed by atoms with van der Waals surface area (Å²) in [5.74, 6) is 0.717. The van der Waals surface area contributed by atoms with E-state index in [1.165, 1.54) is 12.8 Å². The van der Waals surface area contributed by atoms with E-state index in [4.69, 9.17) is 0 Å². The molecule has 1 aromatic rings. The van der Waals surface area contributed by atoms with Crippen LogP contribution in [0.5, 0.6) is 0 Å². The van der Waals surface area contributed by atoms with Crippen LogP contribution in [0.3, 0.4) is 0 Å². The molecule has 1 aliphatic heterocycles. The Morgan fingerprint density at radius 3 is 3.00 bits per heavy atom. The zero-order chi connectivity index (χ0) is 15.2. The maximum atomic E-state index is 12.2. The second kappa shape index (κ2) is 7.57. The van der Waals surface area contributed by atoms with Crippen LogP contribution in [0.1, 0.15) is 25.3 Å². The Balaban J connectivity index is 1.84. The smallest absolute Gasteiger partial charge is 0.238 e. The van der Waals surface area contributed by atoms with Crippen molar-refractivity contribution in [3.05, 3.63) is 29.8 Å². The number of piperidine rings is 1. The van der Waals surface area contributed by atoms with Crippen LogP contribution in [0.4, 0.5) is 5.69 Å². The normalized spacial score (nSPS) is 21.0. The van der Waals surface area contributed by atoms with Crippen LogP contribution in [0.15, 0.2) is 24.3 Å². The predicted molar refractivity (Wildman–Crippen MR) is 87.5 cm³/mol. The number of nitrogens with one attached hydrogen (secondary N) is 2. The molecule has 1 saturated heterocycles. The third kappa shape index (κ3) is 4.83. The van der Waals surface area contributed by atoms with Crippen LogP contribution in [0.25, 0.3) is 0 Å². The van der Waals surface area contributed by atoms with Crippen molar-refractivity contribution in [2.75, 3.05) is 32.0 Å². The first kappa shape index (κ1) is 16.0. The summed E-state index contributed by atoms with van der Waals surface area (Å²) in [5.41, 5.74) is 2.05. The summed E-state index contributed by atoms with van der Waals surface area (Å²) in [7, 11) is 2.01. The number of nitrogens with zero attached hydrogens (tertiary/aromatic N) is 1. The topological polar surface area (TPSA) is 44.4 Å². The molecule has 0 aliphatic carbocycles. The largest absolute Gasteiger partial charge is 0.325 e. The van der Waals surface area contributed by atoms with E-state index in [2.05, 4.69) is 22.5 Å². The van der Waals surface area contributed by atoms with Gasteiger partial charge in [-0.25, -0.2) is 0 Å². The van der Waals surface area contributed by atoms with Crippen LogP contribution in [0.2, 0.25) is 0 Å². The summed E-state index contributed by atoms with van der Waals surface area (Å²) in [6.07, 6.45) is 2.42. The summed E-state index contributed by atoms with van der Waals surface area (Å²) in [6.45, 7) is 6.77. The van der Waals surface area contributed by atoms with Crippen molar-refractivity contribution in [2.45, 2.75) is 32.7 Å². The summed E-state index contributed by atoms with van der Waals surface area (Å²) < 4.78 is 0. The van der Waals surface area contributed by atoms with Crippen LogP contribution in [-0.2, 0) is 4.79 Å². The van der Waals surface area contributed by atoms with Gasteiger partial charge in [0.2, 0.25) is 5.91 Å². The molecule has 1 heterocycles. The number of hydrogen-bond acceptors (Lipinski definition) is 3. The van der Waals surface area contributed by atoms with Gasteiger partial charge in [0.25, 0.3) is 0 Å². The van der Waals surface area contributed by atoms with Gasteiger partial charge in [0, 0.05) is 18.3 Å². The summed E-state index contributed by atoms with van der Waals surface area (Å²) in [5, 5.41) is 6.32. The van der Waals surface area contributed by atoms with Gasteiger partial charge in [-0.1, -0.05) is 12.1 Å². The molecule has 21 heavy (non-hydrogen) atoms. The van der Waals surface area contributed by atoms with Crippen molar-refractivity contribution >= 4 is 11.6 Å². The van der Waals surface area contributed by atoms with Crippen molar-refractivity contribution in [2.24, 2.45) is 5.92 Å². The number of carbonyl (C=O) groups excluding carboxylic acids is 1. The zero-order valence-corrected chi connectivity index (χ0v) is 13.4. The Morgan fingerprint density at radius 2 is 2.29 bits per heavy atom. The van der Waals surface area contributed by atoms with Gasteiger partial charge in [-0.3, -0.25) is 9.69 Å². The molecular weight excluding hydrogens is 262 g/mol. The first-order valence-corrected chi connectivity index (χ1v) is 7.84. The van der Waals surface area contributed by atoms with Gasteiger partial charge >= 0.3 is 0 Å². The minimum absolute atomic E-state index is 0.0818. The van der Waals surface area contributed by atoms with Gasteiger partial charge < -0.3 is 10.6 Å². The fourth-order valence-electron chi connectivity index (χ4n) is 3.01. The van der Waals surface area contributed by atoms with Crippen LogP contribution in [0, 0.1) is 12.8 Å². The molecule has 2 rings (SSSR count). The average Bonchev–Trinajstić information content (AvgIpc) is 2.46. The zero-order valence-electron chi connectivity index (χ0n) is 13.4. The number of carbonyl (C=O) groups is 1. The van der Waals surface area contributed by atoms with E-state index in [9.17, 15) is 4.79 Å². The SMILES string of the molecule is CNC(C)C1CCCN(CC(=O)Nc2cccc(C)c2)C1. The highest BCUT2D eigenvalue weighted by molar-refractivity contribution is 5.92. The second-order valence-electron chi connectivity index (χ2n) is 6.13. The summed E-state index contributed by atoms with van der Waals surface area (Å²) >= 11 is 0. The van der Waals surface area contributed by atoms with Crippen LogP contribution in [-0.4, -0.2) is 43.5 Å². The van der Waals surface area contributed by atoms with Crippen molar-refractivity contribution in [3.63, 3.8) is 0 Å². The molecule has 0 aromatic heterocycles. The number of rotatable bonds is 5. The average molecular weight is 289 g/mol. The fraction of sp³-hybridized carbons (Fsp3) is 0.588. The van der Waals surface area contributed by atoms with Gasteiger partial charge in [-0.2, -0.15) is 0 Å². The fourth-order valence-corrected chi connectivity index (χ4v) is 3.01. The lowest BCUT2D eigenvalue weighted by atomic mass is 9.92. The molecular formula is C17H27N3O. The Bertz CT molecular complexity index is 475. The highest BCUT2D eigenvalue weighted by Crippen LogP contribution is 2.19. The number of aryl methyl sites for hydroxylation is 1. The maximum Gasteiger partial charge on any atom is 0.238 e. The molecule has 2 unspecified atom stereocenters. The van der Waals surface area contributed by atoms with E-state index in [1.54, 1.807) is 0 Å². The molecule has 1 aliphatic rings. The van der Waals surface area contributed by atoms with E-state index < -0.39 is 0 Å². The van der Waals surface area contributed by atoms with E-state index in [-0.39, 0.29) is 5.91 Å². The molecule has 0 bridgehead atoms. The lowest BCUT2D eigenvalue weighted by Gasteiger charge is -2.35. The molecule has 2 atom stereocenters. The molecule has 4 heteroatoms. The lowest BCUT2D eigenvalue weighted by molar-refractivity contribution is -0.117. The maximum absolute atomic E-state index is 12.2. The number of benzene rings is 1. The van der Waals surface area contributed by atoms with Crippen molar-refractivity contribution in [1.29, 1.82) is 0 Å². The Kier molecular flexibility index (Phi) is 5.76. The first-order valence-electron chi connectivity index (χ1n) is 7.84. The molecule has 0 saturated carbocycles. The van der Waals surface area contributed by atoms with E-state index >= 15 is 0 Å². The minimum Gasteiger partial charge on any atom is -0.325 e. The number of likely N-dealkylation sites (tertiary alicyclic amines) is 1. The van der Waals surface area contributed by atoms with Crippen molar-refractivity contribution in [3.8, 4) is 0 Å². The quantitative estimate of drug-likeness (QED) is 0.874. The molecule has 1 fully saturated rings. The van der Waals surface area contributed by atoms with Crippen LogP contribution >= 0.6 is 0 Å².